The van der Waals surface area contributed by atoms with Gasteiger partial charge in [-0.05, 0) is 23.8 Å². The smallest absolute Gasteiger partial charge is 0.142 e. The van der Waals surface area contributed by atoms with Crippen LogP contribution < -0.4 is 11.3 Å². The number of hydrazine groups is 1. The van der Waals surface area contributed by atoms with Gasteiger partial charge in [-0.2, -0.15) is 0 Å². The fraction of sp³-hybridized carbons (Fsp3) is 0.0667. The Labute approximate surface area is 120 Å². The number of halogens is 2. The lowest BCUT2D eigenvalue weighted by Gasteiger charge is -2.15. The molecular weight excluding hydrogens is 279 g/mol. The third kappa shape index (κ3) is 2.18. The molecule has 0 fully saturated rings. The zero-order valence-electron chi connectivity index (χ0n) is 10.4. The maximum absolute atomic E-state index is 13.6. The van der Waals surface area contributed by atoms with E-state index in [0.29, 0.717) is 11.3 Å². The molecule has 3 aromatic rings. The highest BCUT2D eigenvalue weighted by Gasteiger charge is 2.21. The first-order chi connectivity index (χ1) is 9.70. The van der Waals surface area contributed by atoms with Crippen molar-refractivity contribution in [2.45, 2.75) is 6.04 Å². The van der Waals surface area contributed by atoms with Crippen molar-refractivity contribution in [2.24, 2.45) is 5.84 Å². The molecule has 0 bridgehead atoms. The van der Waals surface area contributed by atoms with Crippen molar-refractivity contribution < 1.29 is 8.81 Å². The van der Waals surface area contributed by atoms with Crippen LogP contribution in [0.2, 0.25) is 5.02 Å². The predicted octanol–water partition coefficient (Wildman–Crippen LogP) is 3.78. The molecule has 0 aliphatic carbocycles. The Morgan fingerprint density at radius 2 is 1.95 bits per heavy atom. The van der Waals surface area contributed by atoms with Crippen molar-refractivity contribution in [1.82, 2.24) is 5.43 Å². The first kappa shape index (κ1) is 13.1. The molecule has 3 nitrogen and oxygen atoms in total. The maximum Gasteiger partial charge on any atom is 0.142 e. The summed E-state index contributed by atoms with van der Waals surface area (Å²) in [5, 5.41) is 0.992. The summed E-state index contributed by atoms with van der Waals surface area (Å²) in [6.07, 6.45) is 0. The Balaban J connectivity index is 2.11. The van der Waals surface area contributed by atoms with Gasteiger partial charge in [0.25, 0.3) is 0 Å². The molecule has 0 radical (unpaired) electrons. The third-order valence-corrected chi connectivity index (χ3v) is 3.59. The Kier molecular flexibility index (Phi) is 3.44. The van der Waals surface area contributed by atoms with Gasteiger partial charge in [-0.1, -0.05) is 41.9 Å². The summed E-state index contributed by atoms with van der Waals surface area (Å²) in [5.74, 6) is 5.69. The molecule has 0 saturated heterocycles. The second kappa shape index (κ2) is 5.25. The lowest BCUT2D eigenvalue weighted by Crippen LogP contribution is -2.28. The fourth-order valence-electron chi connectivity index (χ4n) is 2.21. The van der Waals surface area contributed by atoms with Crippen LogP contribution in [-0.4, -0.2) is 0 Å². The normalized spacial score (nSPS) is 12.8. The number of hydrogen-bond acceptors (Lipinski definition) is 3. The summed E-state index contributed by atoms with van der Waals surface area (Å²) < 4.78 is 19.3. The Hall–Kier alpha value is -1.88. The zero-order valence-corrected chi connectivity index (χ0v) is 11.2. The van der Waals surface area contributed by atoms with Crippen molar-refractivity contribution in [3.8, 4) is 0 Å². The molecular formula is C15H12ClFN2O. The molecule has 3 rings (SSSR count). The minimum Gasteiger partial charge on any atom is -0.459 e. The highest BCUT2D eigenvalue weighted by atomic mass is 35.5. The summed E-state index contributed by atoms with van der Waals surface area (Å²) in [7, 11) is 0. The number of fused-ring (bicyclic) bond motifs is 1. The van der Waals surface area contributed by atoms with Gasteiger partial charge >= 0.3 is 0 Å². The van der Waals surface area contributed by atoms with Gasteiger partial charge in [0, 0.05) is 5.39 Å². The fourth-order valence-corrected chi connectivity index (χ4v) is 2.45. The van der Waals surface area contributed by atoms with Crippen LogP contribution in [0, 0.1) is 5.82 Å². The SMILES string of the molecule is NNC(c1cc2ccccc2o1)c1cccc(F)c1Cl. The number of hydrogen-bond donors (Lipinski definition) is 2. The average molecular weight is 291 g/mol. The molecule has 0 spiro atoms. The summed E-state index contributed by atoms with van der Waals surface area (Å²) in [5.41, 5.74) is 3.90. The molecule has 3 N–H and O–H groups in total. The molecule has 0 saturated carbocycles. The monoisotopic (exact) mass is 290 g/mol. The van der Waals surface area contributed by atoms with E-state index in [0.717, 1.165) is 11.0 Å². The number of nitrogens with two attached hydrogens (primary N) is 1. The third-order valence-electron chi connectivity index (χ3n) is 3.19. The minimum atomic E-state index is -0.509. The standard InChI is InChI=1S/C15H12ClFN2O/c16-14-10(5-3-6-11(14)17)15(19-18)13-8-9-4-1-2-7-12(9)20-13/h1-8,15,19H,18H2. The highest BCUT2D eigenvalue weighted by molar-refractivity contribution is 6.31. The van der Waals surface area contributed by atoms with Crippen molar-refractivity contribution in [2.75, 3.05) is 0 Å². The van der Waals surface area contributed by atoms with Crippen molar-refractivity contribution >= 4 is 22.6 Å². The van der Waals surface area contributed by atoms with Gasteiger partial charge in [0.2, 0.25) is 0 Å². The number of rotatable bonds is 3. The first-order valence-electron chi connectivity index (χ1n) is 6.09. The molecule has 0 amide bonds. The summed E-state index contributed by atoms with van der Waals surface area (Å²) in [6.45, 7) is 0. The van der Waals surface area contributed by atoms with E-state index in [1.54, 1.807) is 12.1 Å². The van der Waals surface area contributed by atoms with Gasteiger partial charge in [-0.25, -0.2) is 9.82 Å². The molecule has 102 valence electrons. The van der Waals surface area contributed by atoms with Crippen LogP contribution in [0.25, 0.3) is 11.0 Å². The van der Waals surface area contributed by atoms with Crippen LogP contribution in [0.1, 0.15) is 17.4 Å². The molecule has 1 aromatic heterocycles. The van der Waals surface area contributed by atoms with Crippen LogP contribution in [0.4, 0.5) is 4.39 Å². The van der Waals surface area contributed by atoms with Gasteiger partial charge in [0.1, 0.15) is 23.2 Å². The van der Waals surface area contributed by atoms with Crippen LogP contribution >= 0.6 is 11.6 Å². The van der Waals surface area contributed by atoms with E-state index in [1.807, 2.05) is 30.3 Å². The maximum atomic E-state index is 13.6. The number of benzene rings is 2. The van der Waals surface area contributed by atoms with Crippen molar-refractivity contribution in [3.05, 3.63) is 70.7 Å². The average Bonchev–Trinajstić information content (AvgIpc) is 2.87. The van der Waals surface area contributed by atoms with E-state index in [9.17, 15) is 4.39 Å². The van der Waals surface area contributed by atoms with E-state index in [4.69, 9.17) is 21.9 Å². The van der Waals surface area contributed by atoms with Crippen LogP contribution in [0.3, 0.4) is 0 Å². The highest BCUT2D eigenvalue weighted by Crippen LogP contribution is 2.32. The van der Waals surface area contributed by atoms with Crippen LogP contribution in [0.15, 0.2) is 52.9 Å². The Morgan fingerprint density at radius 1 is 1.15 bits per heavy atom. The van der Waals surface area contributed by atoms with E-state index in [2.05, 4.69) is 5.43 Å². The van der Waals surface area contributed by atoms with E-state index < -0.39 is 11.9 Å². The zero-order chi connectivity index (χ0) is 14.1. The first-order valence-corrected chi connectivity index (χ1v) is 6.47. The van der Waals surface area contributed by atoms with Gasteiger partial charge in [-0.15, -0.1) is 0 Å². The molecule has 1 heterocycles. The summed E-state index contributed by atoms with van der Waals surface area (Å²) >= 11 is 6.00. The van der Waals surface area contributed by atoms with Gasteiger partial charge in [0.05, 0.1) is 5.02 Å². The summed E-state index contributed by atoms with van der Waals surface area (Å²) in [4.78, 5) is 0. The molecule has 2 aromatic carbocycles. The van der Waals surface area contributed by atoms with Crippen molar-refractivity contribution in [3.63, 3.8) is 0 Å². The molecule has 0 aliphatic rings. The molecule has 1 unspecified atom stereocenters. The Morgan fingerprint density at radius 3 is 2.70 bits per heavy atom. The van der Waals surface area contributed by atoms with E-state index >= 15 is 0 Å². The molecule has 20 heavy (non-hydrogen) atoms. The Bertz CT molecular complexity index is 723. The van der Waals surface area contributed by atoms with Crippen LogP contribution in [-0.2, 0) is 0 Å². The van der Waals surface area contributed by atoms with E-state index in [1.165, 1.54) is 6.07 Å². The largest absolute Gasteiger partial charge is 0.459 e. The predicted molar refractivity (Wildman–Crippen MR) is 76.8 cm³/mol. The van der Waals surface area contributed by atoms with Gasteiger partial charge < -0.3 is 4.42 Å². The lowest BCUT2D eigenvalue weighted by atomic mass is 10.0. The second-order valence-corrected chi connectivity index (χ2v) is 4.81. The molecule has 1 atom stereocenters. The number of para-hydroxylation sites is 1. The quantitative estimate of drug-likeness (QED) is 0.570. The van der Waals surface area contributed by atoms with Gasteiger partial charge in [-0.3, -0.25) is 5.84 Å². The van der Waals surface area contributed by atoms with Crippen LogP contribution in [0.5, 0.6) is 0 Å². The van der Waals surface area contributed by atoms with E-state index in [-0.39, 0.29) is 5.02 Å². The summed E-state index contributed by atoms with van der Waals surface area (Å²) in [6, 6.07) is 13.6. The minimum absolute atomic E-state index is 0.0379. The second-order valence-electron chi connectivity index (χ2n) is 4.43. The number of nitrogens with one attached hydrogen (secondary N) is 1. The molecule has 5 heteroatoms. The van der Waals surface area contributed by atoms with Crippen molar-refractivity contribution in [1.29, 1.82) is 0 Å². The van der Waals surface area contributed by atoms with Gasteiger partial charge in [0.15, 0.2) is 0 Å². The topological polar surface area (TPSA) is 51.2 Å². The lowest BCUT2D eigenvalue weighted by molar-refractivity contribution is 0.476. The molecule has 0 aliphatic heterocycles. The number of furan rings is 1.